The summed E-state index contributed by atoms with van der Waals surface area (Å²) >= 11 is 1.31. The van der Waals surface area contributed by atoms with Crippen molar-refractivity contribution in [2.45, 2.75) is 19.4 Å². The smallest absolute Gasteiger partial charge is 0.267 e. The number of aromatic nitrogens is 2. The Bertz CT molecular complexity index is 1160. The highest BCUT2D eigenvalue weighted by molar-refractivity contribution is 7.18. The zero-order valence-electron chi connectivity index (χ0n) is 16.7. The summed E-state index contributed by atoms with van der Waals surface area (Å²) in [4.78, 5) is 12.7. The van der Waals surface area contributed by atoms with Crippen LogP contribution < -0.4 is 14.8 Å². The van der Waals surface area contributed by atoms with Crippen LogP contribution in [0.3, 0.4) is 0 Å². The molecule has 30 heavy (non-hydrogen) atoms. The molecule has 0 saturated heterocycles. The Morgan fingerprint density at radius 2 is 1.73 bits per heavy atom. The van der Waals surface area contributed by atoms with E-state index in [0.717, 1.165) is 27.1 Å². The summed E-state index contributed by atoms with van der Waals surface area (Å²) in [5.74, 6) is 1.18. The summed E-state index contributed by atoms with van der Waals surface area (Å²) in [6.07, 6.45) is -0.0949. The molecule has 0 aliphatic carbocycles. The highest BCUT2D eigenvalue weighted by Crippen LogP contribution is 2.28. The van der Waals surface area contributed by atoms with Gasteiger partial charge in [-0.05, 0) is 53.6 Å². The molecule has 0 fully saturated rings. The number of benzene rings is 3. The van der Waals surface area contributed by atoms with Gasteiger partial charge in [-0.15, -0.1) is 10.2 Å². The van der Waals surface area contributed by atoms with Crippen molar-refractivity contribution in [2.75, 3.05) is 12.4 Å². The average molecular weight is 420 g/mol. The van der Waals surface area contributed by atoms with Crippen LogP contribution in [0, 0.1) is 0 Å². The molecule has 0 spiro atoms. The molecule has 0 radical (unpaired) electrons. The topological polar surface area (TPSA) is 73.3 Å². The molecule has 0 saturated carbocycles. The van der Waals surface area contributed by atoms with Gasteiger partial charge in [-0.25, -0.2) is 0 Å². The van der Waals surface area contributed by atoms with Gasteiger partial charge in [-0.3, -0.25) is 10.1 Å². The number of hydrogen-bond donors (Lipinski definition) is 1. The minimum atomic E-state index is -0.625. The van der Waals surface area contributed by atoms with E-state index in [0.29, 0.717) is 17.3 Å². The van der Waals surface area contributed by atoms with Crippen molar-refractivity contribution in [3.8, 4) is 22.1 Å². The van der Waals surface area contributed by atoms with E-state index in [2.05, 4.69) is 15.5 Å². The number of amides is 1. The Hall–Kier alpha value is -3.45. The lowest BCUT2D eigenvalue weighted by atomic mass is 10.1. The second kappa shape index (κ2) is 8.92. The Balaban J connectivity index is 1.44. The molecule has 0 unspecified atom stereocenters. The van der Waals surface area contributed by atoms with Gasteiger partial charge in [-0.2, -0.15) is 0 Å². The zero-order chi connectivity index (χ0) is 20.9. The van der Waals surface area contributed by atoms with Crippen molar-refractivity contribution >= 4 is 33.1 Å². The second-order valence-corrected chi connectivity index (χ2v) is 7.63. The summed E-state index contributed by atoms with van der Waals surface area (Å²) in [7, 11) is 1.62. The SMILES string of the molecule is CC[C@@H](Oc1ccc2ccccc2c1)C(=O)Nc1nnc(-c2ccc(OC)cc2)s1. The first-order valence-corrected chi connectivity index (χ1v) is 10.4. The fourth-order valence-electron chi connectivity index (χ4n) is 3.04. The third-order valence-electron chi connectivity index (χ3n) is 4.65. The number of fused-ring (bicyclic) bond motifs is 1. The van der Waals surface area contributed by atoms with Crippen LogP contribution in [0.2, 0.25) is 0 Å². The van der Waals surface area contributed by atoms with Crippen molar-refractivity contribution in [1.82, 2.24) is 10.2 Å². The number of nitrogens with one attached hydrogen (secondary N) is 1. The first-order chi connectivity index (χ1) is 14.7. The molecule has 1 amide bonds. The Kier molecular flexibility index (Phi) is 5.90. The molecule has 1 atom stereocenters. The largest absolute Gasteiger partial charge is 0.497 e. The van der Waals surface area contributed by atoms with Crippen molar-refractivity contribution in [3.05, 3.63) is 66.7 Å². The van der Waals surface area contributed by atoms with E-state index in [1.807, 2.05) is 73.7 Å². The molecule has 0 bridgehead atoms. The van der Waals surface area contributed by atoms with E-state index in [4.69, 9.17) is 9.47 Å². The third kappa shape index (κ3) is 4.41. The van der Waals surface area contributed by atoms with Crippen LogP contribution in [0.1, 0.15) is 13.3 Å². The van der Waals surface area contributed by atoms with Crippen molar-refractivity contribution in [1.29, 1.82) is 0 Å². The average Bonchev–Trinajstić information content (AvgIpc) is 3.25. The van der Waals surface area contributed by atoms with E-state index in [-0.39, 0.29) is 5.91 Å². The number of hydrogen-bond acceptors (Lipinski definition) is 6. The lowest BCUT2D eigenvalue weighted by Crippen LogP contribution is -2.32. The fourth-order valence-corrected chi connectivity index (χ4v) is 3.79. The third-order valence-corrected chi connectivity index (χ3v) is 5.54. The monoisotopic (exact) mass is 419 g/mol. The van der Waals surface area contributed by atoms with Crippen LogP contribution in [0.4, 0.5) is 5.13 Å². The predicted molar refractivity (Wildman–Crippen MR) is 119 cm³/mol. The standard InChI is InChI=1S/C23H21N3O3S/c1-3-20(29-19-13-8-15-6-4-5-7-17(15)14-19)21(27)24-23-26-25-22(30-23)16-9-11-18(28-2)12-10-16/h4-14,20H,3H2,1-2H3,(H,24,26,27)/t20-/m1/s1. The molecule has 6 nitrogen and oxygen atoms in total. The van der Waals surface area contributed by atoms with Gasteiger partial charge in [0.15, 0.2) is 6.10 Å². The predicted octanol–water partition coefficient (Wildman–Crippen LogP) is 5.16. The van der Waals surface area contributed by atoms with E-state index in [1.165, 1.54) is 11.3 Å². The van der Waals surface area contributed by atoms with Gasteiger partial charge in [0.2, 0.25) is 5.13 Å². The van der Waals surface area contributed by atoms with Gasteiger partial charge in [0, 0.05) is 5.56 Å². The number of ether oxygens (including phenoxy) is 2. The minimum Gasteiger partial charge on any atom is -0.497 e. The van der Waals surface area contributed by atoms with Gasteiger partial charge in [-0.1, -0.05) is 48.6 Å². The van der Waals surface area contributed by atoms with Crippen molar-refractivity contribution < 1.29 is 14.3 Å². The van der Waals surface area contributed by atoms with Crippen LogP contribution in [-0.4, -0.2) is 29.3 Å². The zero-order valence-corrected chi connectivity index (χ0v) is 17.5. The Morgan fingerprint density at radius 1 is 1.00 bits per heavy atom. The lowest BCUT2D eigenvalue weighted by Gasteiger charge is -2.16. The van der Waals surface area contributed by atoms with Gasteiger partial charge in [0.25, 0.3) is 5.91 Å². The molecule has 0 aliphatic rings. The number of methoxy groups -OCH3 is 1. The molecule has 0 aliphatic heterocycles. The summed E-state index contributed by atoms with van der Waals surface area (Å²) in [5.41, 5.74) is 0.910. The number of anilines is 1. The van der Waals surface area contributed by atoms with Crippen molar-refractivity contribution in [2.24, 2.45) is 0 Å². The van der Waals surface area contributed by atoms with E-state index < -0.39 is 6.10 Å². The van der Waals surface area contributed by atoms with Gasteiger partial charge in [0.1, 0.15) is 16.5 Å². The number of carbonyl (C=O) groups is 1. The maximum absolute atomic E-state index is 12.7. The second-order valence-electron chi connectivity index (χ2n) is 6.65. The molecule has 4 rings (SSSR count). The number of carbonyl (C=O) groups excluding carboxylic acids is 1. The molecule has 1 aromatic heterocycles. The molecule has 3 aromatic carbocycles. The number of nitrogens with zero attached hydrogens (tertiary/aromatic N) is 2. The van der Waals surface area contributed by atoms with Crippen LogP contribution in [0.15, 0.2) is 66.7 Å². The van der Waals surface area contributed by atoms with Crippen LogP contribution in [0.25, 0.3) is 21.3 Å². The molecular weight excluding hydrogens is 398 g/mol. The maximum Gasteiger partial charge on any atom is 0.267 e. The highest BCUT2D eigenvalue weighted by Gasteiger charge is 2.20. The first-order valence-electron chi connectivity index (χ1n) is 9.60. The fraction of sp³-hybridized carbons (Fsp3) is 0.174. The molecular formula is C23H21N3O3S. The van der Waals surface area contributed by atoms with Crippen LogP contribution >= 0.6 is 11.3 Å². The summed E-state index contributed by atoms with van der Waals surface area (Å²) < 4.78 is 11.1. The lowest BCUT2D eigenvalue weighted by molar-refractivity contribution is -0.122. The summed E-state index contributed by atoms with van der Waals surface area (Å²) in [5, 5.41) is 14.4. The van der Waals surface area contributed by atoms with Crippen molar-refractivity contribution in [3.63, 3.8) is 0 Å². The maximum atomic E-state index is 12.7. The van der Waals surface area contributed by atoms with E-state index >= 15 is 0 Å². The molecule has 1 N–H and O–H groups in total. The number of rotatable bonds is 7. The van der Waals surface area contributed by atoms with E-state index in [1.54, 1.807) is 7.11 Å². The Labute approximate surface area is 178 Å². The molecule has 152 valence electrons. The first kappa shape index (κ1) is 19.8. The molecule has 1 heterocycles. The van der Waals surface area contributed by atoms with E-state index in [9.17, 15) is 4.79 Å². The van der Waals surface area contributed by atoms with Crippen LogP contribution in [0.5, 0.6) is 11.5 Å². The van der Waals surface area contributed by atoms with Gasteiger partial charge < -0.3 is 9.47 Å². The summed E-state index contributed by atoms with van der Waals surface area (Å²) in [6, 6.07) is 21.4. The quantitative estimate of drug-likeness (QED) is 0.448. The highest BCUT2D eigenvalue weighted by atomic mass is 32.1. The van der Waals surface area contributed by atoms with Gasteiger partial charge in [0.05, 0.1) is 7.11 Å². The molecule has 4 aromatic rings. The van der Waals surface area contributed by atoms with Gasteiger partial charge >= 0.3 is 0 Å². The van der Waals surface area contributed by atoms with Crippen LogP contribution in [-0.2, 0) is 4.79 Å². The minimum absolute atomic E-state index is 0.247. The normalized spacial score (nSPS) is 11.8. The summed E-state index contributed by atoms with van der Waals surface area (Å²) in [6.45, 7) is 1.91. The molecule has 7 heteroatoms. The Morgan fingerprint density at radius 3 is 2.47 bits per heavy atom.